The van der Waals surface area contributed by atoms with Crippen molar-refractivity contribution in [3.05, 3.63) is 138 Å². The normalized spacial score (nSPS) is 16.7. The highest BCUT2D eigenvalue weighted by molar-refractivity contribution is 5.98. The summed E-state index contributed by atoms with van der Waals surface area (Å²) in [4.78, 5) is 53.2. The van der Waals surface area contributed by atoms with Crippen molar-refractivity contribution in [3.63, 3.8) is 0 Å². The molecule has 4 amide bonds. The molecule has 1 heterocycles. The van der Waals surface area contributed by atoms with Gasteiger partial charge in [0.2, 0.25) is 11.8 Å². The lowest BCUT2D eigenvalue weighted by Gasteiger charge is -2.37. The van der Waals surface area contributed by atoms with Crippen LogP contribution in [0.2, 0.25) is 0 Å². The number of aryl methyl sites for hydroxylation is 1. The van der Waals surface area contributed by atoms with Crippen LogP contribution in [0.15, 0.2) is 115 Å². The van der Waals surface area contributed by atoms with Gasteiger partial charge in [-0.05, 0) is 47.6 Å². The monoisotopic (exact) mass is 708 g/mol. The fourth-order valence-electron chi connectivity index (χ4n) is 6.45. The second kappa shape index (κ2) is 18.5. The first-order valence-electron chi connectivity index (χ1n) is 17.2. The van der Waals surface area contributed by atoms with Gasteiger partial charge in [-0.25, -0.2) is 9.59 Å². The molecule has 1 aliphatic heterocycles. The average Bonchev–Trinajstić information content (AvgIpc) is 3.18. The lowest BCUT2D eigenvalue weighted by Crippen LogP contribution is -2.59. The van der Waals surface area contributed by atoms with Crippen LogP contribution in [0.5, 0.6) is 0 Å². The highest BCUT2D eigenvalue weighted by Crippen LogP contribution is 2.30. The lowest BCUT2D eigenvalue weighted by atomic mass is 9.84. The zero-order valence-electron chi connectivity index (χ0n) is 28.9. The number of nitrogens with one attached hydrogen (secondary N) is 3. The molecule has 5 rings (SSSR count). The first-order chi connectivity index (χ1) is 25.3. The average molecular weight is 709 g/mol. The predicted octanol–water partition coefficient (Wildman–Crippen LogP) is 4.58. The number of benzene rings is 4. The second-order valence-corrected chi connectivity index (χ2v) is 12.6. The summed E-state index contributed by atoms with van der Waals surface area (Å²) in [5.74, 6) is -1.53. The standard InChI is InChI=1S/C40H44N4O8/c1-51-39(48)43-36(35(29-16-7-3-8-17-29)30-18-9-4-10-19-30)38(47)42-33-20-12-11-15-28(33)21-22-32-24-44(40(49)50)34(26-52-32)37(46)41-31(25-45)23-27-13-5-2-6-14-27/h2-20,31-32,34-36,45H,21-26H2,1H3,(H,41,46)(H,42,47)(H,43,48)(H,49,50)/t31-,32+,34-,36-/m0/s1. The highest BCUT2D eigenvalue weighted by Gasteiger charge is 2.38. The fourth-order valence-corrected chi connectivity index (χ4v) is 6.45. The number of aliphatic hydroxyl groups is 1. The number of morpholine rings is 1. The summed E-state index contributed by atoms with van der Waals surface area (Å²) in [6.45, 7) is -0.490. The molecule has 272 valence electrons. The van der Waals surface area contributed by atoms with Gasteiger partial charge in [-0.3, -0.25) is 14.5 Å². The summed E-state index contributed by atoms with van der Waals surface area (Å²) in [5, 5.41) is 28.4. The predicted molar refractivity (Wildman–Crippen MR) is 195 cm³/mol. The van der Waals surface area contributed by atoms with Crippen LogP contribution in [0, 0.1) is 0 Å². The maximum absolute atomic E-state index is 14.1. The van der Waals surface area contributed by atoms with Crippen molar-refractivity contribution in [1.82, 2.24) is 15.5 Å². The van der Waals surface area contributed by atoms with Crippen LogP contribution in [0.25, 0.3) is 0 Å². The minimum Gasteiger partial charge on any atom is -0.465 e. The van der Waals surface area contributed by atoms with E-state index in [1.807, 2.05) is 103 Å². The number of para-hydroxylation sites is 1. The summed E-state index contributed by atoms with van der Waals surface area (Å²) in [6.07, 6.45) is -1.31. The van der Waals surface area contributed by atoms with E-state index in [2.05, 4.69) is 16.0 Å². The number of carboxylic acid groups (broad SMARTS) is 1. The van der Waals surface area contributed by atoms with Gasteiger partial charge in [-0.2, -0.15) is 0 Å². The molecule has 12 nitrogen and oxygen atoms in total. The minimum atomic E-state index is -1.25. The maximum Gasteiger partial charge on any atom is 0.408 e. The number of nitrogens with zero attached hydrogens (tertiary/aromatic N) is 1. The molecule has 1 fully saturated rings. The highest BCUT2D eigenvalue weighted by atomic mass is 16.5. The zero-order chi connectivity index (χ0) is 36.9. The third-order valence-electron chi connectivity index (χ3n) is 9.11. The van der Waals surface area contributed by atoms with Crippen molar-refractivity contribution >= 4 is 29.7 Å². The number of carbonyl (C=O) groups is 4. The van der Waals surface area contributed by atoms with E-state index in [9.17, 15) is 29.4 Å². The van der Waals surface area contributed by atoms with Crippen LogP contribution in [0.1, 0.15) is 34.6 Å². The van der Waals surface area contributed by atoms with E-state index in [0.29, 0.717) is 24.9 Å². The molecule has 0 aromatic heterocycles. The van der Waals surface area contributed by atoms with E-state index in [-0.39, 0.29) is 19.8 Å². The first-order valence-corrected chi connectivity index (χ1v) is 17.2. The molecule has 4 aromatic rings. The van der Waals surface area contributed by atoms with Gasteiger partial charge in [0.25, 0.3) is 0 Å². The van der Waals surface area contributed by atoms with Gasteiger partial charge >= 0.3 is 12.2 Å². The first kappa shape index (κ1) is 37.5. The Hall–Kier alpha value is -5.72. The van der Waals surface area contributed by atoms with Crippen molar-refractivity contribution in [2.75, 3.05) is 32.2 Å². The third-order valence-corrected chi connectivity index (χ3v) is 9.11. The molecule has 0 radical (unpaired) electrons. The van der Waals surface area contributed by atoms with E-state index in [1.54, 1.807) is 12.1 Å². The zero-order valence-corrected chi connectivity index (χ0v) is 28.9. The topological polar surface area (TPSA) is 167 Å². The number of aliphatic hydroxyl groups excluding tert-OH is 1. The Morgan fingerprint density at radius 1 is 0.846 bits per heavy atom. The number of hydrogen-bond acceptors (Lipinski definition) is 7. The van der Waals surface area contributed by atoms with Crippen LogP contribution < -0.4 is 16.0 Å². The van der Waals surface area contributed by atoms with Crippen molar-refractivity contribution in [3.8, 4) is 0 Å². The van der Waals surface area contributed by atoms with E-state index in [1.165, 1.54) is 7.11 Å². The Labute approximate surface area is 302 Å². The Morgan fingerprint density at radius 3 is 2.04 bits per heavy atom. The number of alkyl carbamates (subject to hydrolysis) is 1. The molecule has 0 bridgehead atoms. The largest absolute Gasteiger partial charge is 0.465 e. The molecule has 0 aliphatic carbocycles. The minimum absolute atomic E-state index is 0.0363. The van der Waals surface area contributed by atoms with Gasteiger partial charge in [-0.15, -0.1) is 0 Å². The molecular weight excluding hydrogens is 664 g/mol. The van der Waals surface area contributed by atoms with Crippen LogP contribution in [0.4, 0.5) is 15.3 Å². The van der Waals surface area contributed by atoms with Crippen molar-refractivity contribution < 1.29 is 38.9 Å². The maximum atomic E-state index is 14.1. The van der Waals surface area contributed by atoms with E-state index < -0.39 is 54.1 Å². The SMILES string of the molecule is COC(=O)N[C@H](C(=O)Nc1ccccc1CC[C@@H]1CN(C(=O)O)[C@H](C(=O)N[C@H](CO)Cc2ccccc2)CO1)C(c1ccccc1)c1ccccc1. The number of rotatable bonds is 14. The molecule has 0 saturated carbocycles. The third kappa shape index (κ3) is 9.95. The quantitative estimate of drug-likeness (QED) is 0.127. The number of hydrogen-bond donors (Lipinski definition) is 5. The fraction of sp³-hybridized carbons (Fsp3) is 0.300. The van der Waals surface area contributed by atoms with Gasteiger partial charge in [0.05, 0.1) is 39.0 Å². The van der Waals surface area contributed by atoms with Gasteiger partial charge in [0.1, 0.15) is 12.1 Å². The number of anilines is 1. The molecule has 52 heavy (non-hydrogen) atoms. The van der Waals surface area contributed by atoms with E-state index >= 15 is 0 Å². The summed E-state index contributed by atoms with van der Waals surface area (Å²) < 4.78 is 10.9. The molecule has 0 unspecified atom stereocenters. The van der Waals surface area contributed by atoms with Crippen LogP contribution in [-0.4, -0.2) is 90.2 Å². The molecule has 1 saturated heterocycles. The smallest absolute Gasteiger partial charge is 0.408 e. The molecule has 5 N–H and O–H groups in total. The second-order valence-electron chi connectivity index (χ2n) is 12.6. The van der Waals surface area contributed by atoms with Crippen LogP contribution >= 0.6 is 0 Å². The Kier molecular flexibility index (Phi) is 13.4. The molecule has 0 spiro atoms. The molecule has 4 atom stereocenters. The number of amides is 4. The van der Waals surface area contributed by atoms with Gasteiger partial charge in [0.15, 0.2) is 0 Å². The Bertz CT molecular complexity index is 1740. The van der Waals surface area contributed by atoms with Gasteiger partial charge < -0.3 is 35.6 Å². The summed E-state index contributed by atoms with van der Waals surface area (Å²) in [5.41, 5.74) is 3.88. The summed E-state index contributed by atoms with van der Waals surface area (Å²) in [7, 11) is 1.24. The van der Waals surface area contributed by atoms with Crippen LogP contribution in [-0.2, 0) is 31.9 Å². The molecule has 1 aliphatic rings. The van der Waals surface area contributed by atoms with Gasteiger partial charge in [-0.1, -0.05) is 109 Å². The molecule has 12 heteroatoms. The number of carbonyl (C=O) groups excluding carboxylic acids is 3. The van der Waals surface area contributed by atoms with Crippen LogP contribution in [0.3, 0.4) is 0 Å². The van der Waals surface area contributed by atoms with Crippen molar-refractivity contribution in [2.45, 2.75) is 49.4 Å². The van der Waals surface area contributed by atoms with E-state index in [4.69, 9.17) is 9.47 Å². The summed E-state index contributed by atoms with van der Waals surface area (Å²) >= 11 is 0. The number of methoxy groups -OCH3 is 1. The van der Waals surface area contributed by atoms with E-state index in [0.717, 1.165) is 27.2 Å². The van der Waals surface area contributed by atoms with Gasteiger partial charge in [0, 0.05) is 11.6 Å². The van der Waals surface area contributed by atoms with Crippen molar-refractivity contribution in [2.24, 2.45) is 0 Å². The lowest BCUT2D eigenvalue weighted by molar-refractivity contribution is -0.136. The Balaban J connectivity index is 1.26. The molecule has 4 aromatic carbocycles. The summed E-state index contributed by atoms with van der Waals surface area (Å²) in [6, 6.07) is 32.8. The number of ether oxygens (including phenoxy) is 2. The molecular formula is C40H44N4O8. The Morgan fingerprint density at radius 2 is 1.44 bits per heavy atom. The van der Waals surface area contributed by atoms with Crippen molar-refractivity contribution in [1.29, 1.82) is 0 Å².